The molecule has 3 aromatic rings. The molecule has 0 unspecified atom stereocenters. The molecule has 0 spiro atoms. The van der Waals surface area contributed by atoms with Gasteiger partial charge in [0.05, 0.1) is 10.9 Å². The van der Waals surface area contributed by atoms with E-state index in [0.717, 1.165) is 5.39 Å². The Balaban J connectivity index is 2.18. The van der Waals surface area contributed by atoms with Crippen molar-refractivity contribution in [3.05, 3.63) is 54.0 Å². The van der Waals surface area contributed by atoms with E-state index in [4.69, 9.17) is 0 Å². The summed E-state index contributed by atoms with van der Waals surface area (Å²) < 4.78 is 0. The summed E-state index contributed by atoms with van der Waals surface area (Å²) in [5, 5.41) is 3.70. The topological polar surface area (TPSA) is 70.7 Å². The van der Waals surface area contributed by atoms with Gasteiger partial charge in [-0.2, -0.15) is 0 Å². The third-order valence-corrected chi connectivity index (χ3v) is 2.99. The third kappa shape index (κ3) is 1.85. The van der Waals surface area contributed by atoms with Gasteiger partial charge in [-0.1, -0.05) is 30.3 Å². The second kappa shape index (κ2) is 4.53. The number of aromatic nitrogens is 3. The molecule has 0 aliphatic rings. The smallest absolute Gasteiger partial charge is 0.195 e. The predicted octanol–water partition coefficient (Wildman–Crippen LogP) is 2.23. The Hall–Kier alpha value is -2.69. The number of H-pyrrole nitrogens is 1. The van der Waals surface area contributed by atoms with Crippen LogP contribution in [0.2, 0.25) is 0 Å². The zero-order chi connectivity index (χ0) is 13.2. The molecule has 0 amide bonds. The molecule has 3 rings (SSSR count). The molecule has 0 saturated heterocycles. The second-order valence-electron chi connectivity index (χ2n) is 4.09. The maximum atomic E-state index is 12.5. The lowest BCUT2D eigenvalue weighted by Crippen LogP contribution is -2.02. The zero-order valence-electron chi connectivity index (χ0n) is 10.3. The molecule has 0 atom stereocenters. The van der Waals surface area contributed by atoms with Crippen LogP contribution < -0.4 is 5.32 Å². The molecule has 0 aliphatic heterocycles. The molecular weight excluding hydrogens is 240 g/mol. The molecule has 2 N–H and O–H groups in total. The zero-order valence-corrected chi connectivity index (χ0v) is 10.3. The van der Waals surface area contributed by atoms with Gasteiger partial charge in [0.25, 0.3) is 0 Å². The number of fused-ring (bicyclic) bond motifs is 1. The molecule has 5 nitrogen and oxygen atoms in total. The third-order valence-electron chi connectivity index (χ3n) is 2.99. The van der Waals surface area contributed by atoms with Crippen LogP contribution in [-0.2, 0) is 0 Å². The minimum atomic E-state index is -0.0434. The lowest BCUT2D eigenvalue weighted by Gasteiger charge is -2.03. The summed E-state index contributed by atoms with van der Waals surface area (Å²) in [4.78, 5) is 23.8. The van der Waals surface area contributed by atoms with Crippen LogP contribution in [0.4, 0.5) is 5.82 Å². The number of hydrogen-bond donors (Lipinski definition) is 2. The van der Waals surface area contributed by atoms with E-state index in [-0.39, 0.29) is 5.78 Å². The molecule has 0 aliphatic carbocycles. The average Bonchev–Trinajstić information content (AvgIpc) is 2.91. The summed E-state index contributed by atoms with van der Waals surface area (Å²) in [7, 11) is 1.77. The first-order valence-electron chi connectivity index (χ1n) is 5.91. The molecule has 0 saturated carbocycles. The summed E-state index contributed by atoms with van der Waals surface area (Å²) in [5.41, 5.74) is 1.87. The van der Waals surface area contributed by atoms with Crippen LogP contribution in [0.15, 0.2) is 42.9 Å². The number of ketones is 1. The van der Waals surface area contributed by atoms with Crippen LogP contribution in [-0.4, -0.2) is 27.8 Å². The first-order chi connectivity index (χ1) is 9.31. The Morgan fingerprint density at radius 2 is 2.00 bits per heavy atom. The van der Waals surface area contributed by atoms with E-state index >= 15 is 0 Å². The van der Waals surface area contributed by atoms with Crippen molar-refractivity contribution < 1.29 is 4.79 Å². The molecule has 1 aromatic carbocycles. The van der Waals surface area contributed by atoms with Crippen LogP contribution in [0.5, 0.6) is 0 Å². The van der Waals surface area contributed by atoms with Crippen LogP contribution in [0, 0.1) is 0 Å². The SMILES string of the molecule is CNc1ncnc2[nH]cc(C(=O)c3ccccc3)c12. The molecule has 19 heavy (non-hydrogen) atoms. The molecule has 0 bridgehead atoms. The normalized spacial score (nSPS) is 10.6. The number of rotatable bonds is 3. The number of nitrogens with zero attached hydrogens (tertiary/aromatic N) is 2. The van der Waals surface area contributed by atoms with Gasteiger partial charge in [0.1, 0.15) is 17.8 Å². The van der Waals surface area contributed by atoms with Crippen molar-refractivity contribution in [1.29, 1.82) is 0 Å². The first kappa shape index (κ1) is 11.4. The van der Waals surface area contributed by atoms with Crippen molar-refractivity contribution in [2.75, 3.05) is 12.4 Å². The van der Waals surface area contributed by atoms with Gasteiger partial charge >= 0.3 is 0 Å². The number of carbonyl (C=O) groups is 1. The summed E-state index contributed by atoms with van der Waals surface area (Å²) in [6, 6.07) is 9.16. The number of nitrogens with one attached hydrogen (secondary N) is 2. The number of benzene rings is 1. The van der Waals surface area contributed by atoms with E-state index in [1.807, 2.05) is 18.2 Å². The standard InChI is InChI=1S/C14H12N4O/c1-15-13-11-10(7-16-14(11)18-8-17-13)12(19)9-5-3-2-4-6-9/h2-8H,1H3,(H2,15,16,17,18). The van der Waals surface area contributed by atoms with Gasteiger partial charge in [0.15, 0.2) is 5.78 Å². The number of anilines is 1. The van der Waals surface area contributed by atoms with Crippen LogP contribution in [0.25, 0.3) is 11.0 Å². The molecular formula is C14H12N4O. The molecule has 5 heteroatoms. The van der Waals surface area contributed by atoms with Crippen molar-refractivity contribution in [3.8, 4) is 0 Å². The minimum absolute atomic E-state index is 0.0434. The van der Waals surface area contributed by atoms with Crippen molar-refractivity contribution in [2.24, 2.45) is 0 Å². The summed E-state index contributed by atoms with van der Waals surface area (Å²) in [5.74, 6) is 0.601. The predicted molar refractivity (Wildman–Crippen MR) is 73.3 cm³/mol. The highest BCUT2D eigenvalue weighted by atomic mass is 16.1. The van der Waals surface area contributed by atoms with E-state index in [2.05, 4.69) is 20.3 Å². The van der Waals surface area contributed by atoms with Crippen LogP contribution >= 0.6 is 0 Å². The maximum absolute atomic E-state index is 12.5. The quantitative estimate of drug-likeness (QED) is 0.701. The number of aromatic amines is 1. The molecule has 2 heterocycles. The van der Waals surface area contributed by atoms with Crippen molar-refractivity contribution in [1.82, 2.24) is 15.0 Å². The van der Waals surface area contributed by atoms with Gasteiger partial charge < -0.3 is 10.3 Å². The van der Waals surface area contributed by atoms with E-state index in [0.29, 0.717) is 22.6 Å². The first-order valence-corrected chi connectivity index (χ1v) is 5.91. The highest BCUT2D eigenvalue weighted by Crippen LogP contribution is 2.24. The molecule has 0 fully saturated rings. The van der Waals surface area contributed by atoms with Gasteiger partial charge in [0.2, 0.25) is 0 Å². The van der Waals surface area contributed by atoms with E-state index in [1.54, 1.807) is 25.4 Å². The second-order valence-corrected chi connectivity index (χ2v) is 4.09. The van der Waals surface area contributed by atoms with Gasteiger partial charge in [0, 0.05) is 18.8 Å². The lowest BCUT2D eigenvalue weighted by molar-refractivity contribution is 0.104. The largest absolute Gasteiger partial charge is 0.372 e. The van der Waals surface area contributed by atoms with E-state index < -0.39 is 0 Å². The maximum Gasteiger partial charge on any atom is 0.195 e. The number of carbonyl (C=O) groups excluding carboxylic acids is 1. The Labute approximate surface area is 109 Å². The van der Waals surface area contributed by atoms with Crippen molar-refractivity contribution in [2.45, 2.75) is 0 Å². The van der Waals surface area contributed by atoms with Crippen molar-refractivity contribution >= 4 is 22.6 Å². The van der Waals surface area contributed by atoms with Crippen LogP contribution in [0.1, 0.15) is 15.9 Å². The van der Waals surface area contributed by atoms with Crippen molar-refractivity contribution in [3.63, 3.8) is 0 Å². The monoisotopic (exact) mass is 252 g/mol. The minimum Gasteiger partial charge on any atom is -0.372 e. The highest BCUT2D eigenvalue weighted by molar-refractivity contribution is 6.17. The van der Waals surface area contributed by atoms with Crippen LogP contribution in [0.3, 0.4) is 0 Å². The Bertz CT molecular complexity index is 734. The van der Waals surface area contributed by atoms with E-state index in [1.165, 1.54) is 6.33 Å². The molecule has 94 valence electrons. The summed E-state index contributed by atoms with van der Waals surface area (Å²) >= 11 is 0. The van der Waals surface area contributed by atoms with E-state index in [9.17, 15) is 4.79 Å². The summed E-state index contributed by atoms with van der Waals surface area (Å²) in [6.07, 6.45) is 3.14. The highest BCUT2D eigenvalue weighted by Gasteiger charge is 2.17. The Kier molecular flexibility index (Phi) is 2.72. The Morgan fingerprint density at radius 3 is 2.74 bits per heavy atom. The average molecular weight is 252 g/mol. The molecule has 0 radical (unpaired) electrons. The summed E-state index contributed by atoms with van der Waals surface area (Å²) in [6.45, 7) is 0. The molecule has 2 aromatic heterocycles. The fraction of sp³-hybridized carbons (Fsp3) is 0.0714. The van der Waals surface area contributed by atoms with Gasteiger partial charge in [-0.15, -0.1) is 0 Å². The fourth-order valence-corrected chi connectivity index (χ4v) is 2.08. The number of hydrogen-bond acceptors (Lipinski definition) is 4. The van der Waals surface area contributed by atoms with Gasteiger partial charge in [-0.05, 0) is 0 Å². The van der Waals surface area contributed by atoms with Gasteiger partial charge in [-0.3, -0.25) is 4.79 Å². The fourth-order valence-electron chi connectivity index (χ4n) is 2.08. The van der Waals surface area contributed by atoms with Gasteiger partial charge in [-0.25, -0.2) is 9.97 Å². The lowest BCUT2D eigenvalue weighted by atomic mass is 10.0. The Morgan fingerprint density at radius 1 is 1.21 bits per heavy atom.